The number of aromatic nitrogens is 4. The third kappa shape index (κ3) is 4.97. The fourth-order valence-corrected chi connectivity index (χ4v) is 4.93. The van der Waals surface area contributed by atoms with Gasteiger partial charge < -0.3 is 0 Å². The van der Waals surface area contributed by atoms with Gasteiger partial charge in [-0.25, -0.2) is 0 Å². The summed E-state index contributed by atoms with van der Waals surface area (Å²) in [6, 6.07) is 36.1. The molecule has 4 aromatic heterocycles. The summed E-state index contributed by atoms with van der Waals surface area (Å²) in [7, 11) is 0. The minimum atomic E-state index is 0.821. The van der Waals surface area contributed by atoms with Crippen LogP contribution < -0.4 is 0 Å². The smallest absolute Gasteiger partial charge is 0.0887 e. The molecule has 0 saturated heterocycles. The largest absolute Gasteiger partial charge is 0.255 e. The highest BCUT2D eigenvalue weighted by atomic mass is 14.8. The molecule has 4 heteroatoms. The number of benzene rings is 3. The van der Waals surface area contributed by atoms with E-state index in [2.05, 4.69) is 67.9 Å². The molecule has 7 rings (SSSR count). The van der Waals surface area contributed by atoms with Crippen LogP contribution in [0.2, 0.25) is 0 Å². The Balaban J connectivity index is 1.29. The zero-order chi connectivity index (χ0) is 28.1. The van der Waals surface area contributed by atoms with E-state index in [0.717, 1.165) is 66.6 Å². The van der Waals surface area contributed by atoms with Crippen LogP contribution in [0, 0.1) is 23.7 Å². The van der Waals surface area contributed by atoms with Crippen LogP contribution in [-0.2, 0) is 0 Å². The third-order valence-electron chi connectivity index (χ3n) is 6.98. The fourth-order valence-electron chi connectivity index (χ4n) is 4.93. The van der Waals surface area contributed by atoms with Crippen molar-refractivity contribution in [3.05, 3.63) is 156 Å². The summed E-state index contributed by atoms with van der Waals surface area (Å²) in [6.45, 7) is 0. The SMILES string of the molecule is C(#Cc1c2ccccc2c(C#Cc2ccc(-c3ccccn3)nc2)c2ccccc12)c1ccc(-c2ccccn2)nc1. The second kappa shape index (κ2) is 11.2. The number of nitrogens with zero attached hydrogens (tertiary/aromatic N) is 4. The second-order valence-corrected chi connectivity index (χ2v) is 9.64. The van der Waals surface area contributed by atoms with Crippen LogP contribution in [0.1, 0.15) is 22.3 Å². The van der Waals surface area contributed by atoms with Crippen molar-refractivity contribution in [3.63, 3.8) is 0 Å². The maximum absolute atomic E-state index is 4.58. The maximum atomic E-state index is 4.58. The molecule has 194 valence electrons. The monoisotopic (exact) mass is 534 g/mol. The quantitative estimate of drug-likeness (QED) is 0.168. The molecule has 0 aliphatic carbocycles. The van der Waals surface area contributed by atoms with Crippen LogP contribution in [0.4, 0.5) is 0 Å². The summed E-state index contributed by atoms with van der Waals surface area (Å²) in [5.74, 6) is 13.6. The summed E-state index contributed by atoms with van der Waals surface area (Å²) in [5.41, 5.74) is 6.95. The van der Waals surface area contributed by atoms with Gasteiger partial charge in [-0.05, 0) is 70.1 Å². The Morgan fingerprint density at radius 1 is 0.333 bits per heavy atom. The van der Waals surface area contributed by atoms with Gasteiger partial charge in [0, 0.05) is 47.0 Å². The highest BCUT2D eigenvalue weighted by Crippen LogP contribution is 2.32. The van der Waals surface area contributed by atoms with Gasteiger partial charge in [0.05, 0.1) is 22.8 Å². The first-order valence-corrected chi connectivity index (χ1v) is 13.6. The van der Waals surface area contributed by atoms with Gasteiger partial charge in [-0.2, -0.15) is 0 Å². The predicted octanol–water partition coefficient (Wildman–Crippen LogP) is 7.71. The van der Waals surface area contributed by atoms with Crippen molar-refractivity contribution in [2.45, 2.75) is 0 Å². The molecule has 0 aliphatic rings. The molecule has 0 aliphatic heterocycles. The Morgan fingerprint density at radius 2 is 0.714 bits per heavy atom. The minimum absolute atomic E-state index is 0.821. The predicted molar refractivity (Wildman–Crippen MR) is 168 cm³/mol. The molecule has 0 saturated carbocycles. The van der Waals surface area contributed by atoms with Crippen LogP contribution in [0.5, 0.6) is 0 Å². The van der Waals surface area contributed by atoms with Gasteiger partial charge in [-0.1, -0.05) is 84.3 Å². The van der Waals surface area contributed by atoms with Gasteiger partial charge in [0.15, 0.2) is 0 Å². The fraction of sp³-hybridized carbons (Fsp3) is 0. The van der Waals surface area contributed by atoms with E-state index in [1.54, 1.807) is 24.8 Å². The first kappa shape index (κ1) is 24.9. The van der Waals surface area contributed by atoms with Crippen molar-refractivity contribution >= 4 is 21.5 Å². The third-order valence-corrected chi connectivity index (χ3v) is 6.98. The van der Waals surface area contributed by atoms with Crippen molar-refractivity contribution < 1.29 is 0 Å². The number of fused-ring (bicyclic) bond motifs is 2. The maximum Gasteiger partial charge on any atom is 0.0887 e. The molecule has 0 N–H and O–H groups in total. The van der Waals surface area contributed by atoms with Crippen molar-refractivity contribution in [1.29, 1.82) is 0 Å². The Hall–Kier alpha value is -6.10. The van der Waals surface area contributed by atoms with E-state index in [9.17, 15) is 0 Å². The molecule has 0 bridgehead atoms. The number of hydrogen-bond donors (Lipinski definition) is 0. The lowest BCUT2D eigenvalue weighted by atomic mass is 9.92. The number of hydrogen-bond acceptors (Lipinski definition) is 4. The molecule has 0 unspecified atom stereocenters. The van der Waals surface area contributed by atoms with Crippen molar-refractivity contribution in [2.75, 3.05) is 0 Å². The number of rotatable bonds is 2. The van der Waals surface area contributed by atoms with Gasteiger partial charge in [-0.15, -0.1) is 0 Å². The Kier molecular flexibility index (Phi) is 6.63. The van der Waals surface area contributed by atoms with Crippen LogP contribution in [0.15, 0.2) is 134 Å². The van der Waals surface area contributed by atoms with Crippen LogP contribution >= 0.6 is 0 Å². The molecule has 4 heterocycles. The molecule has 0 atom stereocenters. The first-order chi connectivity index (χ1) is 20.8. The summed E-state index contributed by atoms with van der Waals surface area (Å²) in [4.78, 5) is 17.9. The van der Waals surface area contributed by atoms with E-state index in [1.165, 1.54) is 0 Å². The first-order valence-electron chi connectivity index (χ1n) is 13.6. The number of pyridine rings is 4. The second-order valence-electron chi connectivity index (χ2n) is 9.64. The molecule has 3 aromatic carbocycles. The Bertz CT molecular complexity index is 1950. The minimum Gasteiger partial charge on any atom is -0.255 e. The normalized spacial score (nSPS) is 10.5. The topological polar surface area (TPSA) is 51.6 Å². The van der Waals surface area contributed by atoms with E-state index in [0.29, 0.717) is 0 Å². The molecular formula is C38H22N4. The lowest BCUT2D eigenvalue weighted by Gasteiger charge is -2.10. The van der Waals surface area contributed by atoms with Gasteiger partial charge in [0.25, 0.3) is 0 Å². The van der Waals surface area contributed by atoms with E-state index in [-0.39, 0.29) is 0 Å². The van der Waals surface area contributed by atoms with E-state index >= 15 is 0 Å². The molecule has 42 heavy (non-hydrogen) atoms. The molecule has 0 spiro atoms. The van der Waals surface area contributed by atoms with E-state index in [4.69, 9.17) is 0 Å². The standard InChI is InChI=1S/C38H22N4/c1-2-10-30-29(9-1)33(19-15-27-17-21-37(41-25-27)35-13-5-7-23-39-35)31-11-3-4-12-32(31)34(30)20-16-28-18-22-38(42-26-28)36-14-6-8-24-40-36/h1-14,17-18,21-26H. The summed E-state index contributed by atoms with van der Waals surface area (Å²) >= 11 is 0. The Labute approximate surface area is 243 Å². The molecule has 4 nitrogen and oxygen atoms in total. The molecular weight excluding hydrogens is 512 g/mol. The van der Waals surface area contributed by atoms with Crippen LogP contribution in [0.3, 0.4) is 0 Å². The average Bonchev–Trinajstić information content (AvgIpc) is 3.07. The molecule has 0 amide bonds. The van der Waals surface area contributed by atoms with Gasteiger partial charge in [0.2, 0.25) is 0 Å². The van der Waals surface area contributed by atoms with Crippen LogP contribution in [0.25, 0.3) is 44.3 Å². The zero-order valence-corrected chi connectivity index (χ0v) is 22.5. The molecule has 0 fully saturated rings. The van der Waals surface area contributed by atoms with Crippen molar-refractivity contribution in [1.82, 2.24) is 19.9 Å². The zero-order valence-electron chi connectivity index (χ0n) is 22.5. The molecule has 0 radical (unpaired) electrons. The van der Waals surface area contributed by atoms with Crippen molar-refractivity contribution in [3.8, 4) is 46.5 Å². The lowest BCUT2D eigenvalue weighted by Crippen LogP contribution is -1.91. The van der Waals surface area contributed by atoms with E-state index in [1.807, 2.05) is 84.9 Å². The van der Waals surface area contributed by atoms with E-state index < -0.39 is 0 Å². The van der Waals surface area contributed by atoms with Gasteiger partial charge in [0.1, 0.15) is 0 Å². The molecule has 7 aromatic rings. The Morgan fingerprint density at radius 3 is 1.05 bits per heavy atom. The van der Waals surface area contributed by atoms with Gasteiger partial charge in [-0.3, -0.25) is 19.9 Å². The highest BCUT2D eigenvalue weighted by Gasteiger charge is 2.11. The van der Waals surface area contributed by atoms with Crippen LogP contribution in [-0.4, -0.2) is 19.9 Å². The average molecular weight is 535 g/mol. The summed E-state index contributed by atoms with van der Waals surface area (Å²) in [6.07, 6.45) is 7.14. The lowest BCUT2D eigenvalue weighted by molar-refractivity contribution is 1.24. The summed E-state index contributed by atoms with van der Waals surface area (Å²) < 4.78 is 0. The highest BCUT2D eigenvalue weighted by molar-refractivity contribution is 6.09. The van der Waals surface area contributed by atoms with Crippen molar-refractivity contribution in [2.24, 2.45) is 0 Å². The van der Waals surface area contributed by atoms with Gasteiger partial charge >= 0.3 is 0 Å². The summed E-state index contributed by atoms with van der Waals surface area (Å²) in [5, 5.41) is 4.26.